The molecular formula is C17H22N6O5P+. The molecular weight excluding hydrogens is 399 g/mol. The third-order valence-corrected chi connectivity index (χ3v) is 4.91. The number of imidazole rings is 1. The van der Waals surface area contributed by atoms with Crippen molar-refractivity contribution < 1.29 is 19.2 Å². The normalized spacial score (nSPS) is 22.6. The summed E-state index contributed by atoms with van der Waals surface area (Å²) in [6.45, 7) is 0.239. The van der Waals surface area contributed by atoms with Crippen molar-refractivity contribution >= 4 is 26.2 Å². The Hall–Kier alpha value is -2.88. The number of nitrogen functional groups attached to an aromatic ring is 1. The molecule has 2 aromatic heterocycles. The fourth-order valence-corrected chi connectivity index (χ4v) is 3.41. The molecule has 2 aromatic rings. The van der Waals surface area contributed by atoms with Crippen LogP contribution in [-0.2, 0) is 20.5 Å². The molecule has 1 amide bonds. The molecule has 4 unspecified atom stereocenters. The highest BCUT2D eigenvalue weighted by molar-refractivity contribution is 7.23. The van der Waals surface area contributed by atoms with Gasteiger partial charge in [-0.2, -0.15) is 4.98 Å². The first-order valence-electron chi connectivity index (χ1n) is 9.34. The molecule has 29 heavy (non-hydrogen) atoms. The Kier molecular flexibility index (Phi) is 6.40. The molecule has 0 spiro atoms. The van der Waals surface area contributed by atoms with Crippen LogP contribution in [0.15, 0.2) is 29.6 Å². The van der Waals surface area contributed by atoms with Crippen LogP contribution in [0.25, 0.3) is 6.08 Å². The molecule has 0 radical (unpaired) electrons. The molecule has 0 bridgehead atoms. The number of aromatic nitrogens is 4. The van der Waals surface area contributed by atoms with Crippen molar-refractivity contribution in [2.45, 2.75) is 31.3 Å². The molecule has 3 heterocycles. The minimum Gasteiger partial charge on any atom is -0.390 e. The fraction of sp³-hybridized carbons (Fsp3) is 0.412. The summed E-state index contributed by atoms with van der Waals surface area (Å²) in [5.74, 6) is -0.173. The Labute approximate surface area is 168 Å². The number of aromatic amines is 1. The molecule has 11 nitrogen and oxygen atoms in total. The topological polar surface area (TPSA) is 165 Å². The van der Waals surface area contributed by atoms with E-state index >= 15 is 0 Å². The first-order valence-corrected chi connectivity index (χ1v) is 9.89. The van der Waals surface area contributed by atoms with Crippen molar-refractivity contribution in [3.8, 4) is 0 Å². The zero-order valence-electron chi connectivity index (χ0n) is 16.4. The van der Waals surface area contributed by atoms with E-state index in [4.69, 9.17) is 11.7 Å². The van der Waals surface area contributed by atoms with Gasteiger partial charge >= 0.3 is 15.4 Å². The van der Waals surface area contributed by atoms with Crippen molar-refractivity contribution in [1.82, 2.24) is 24.8 Å². The van der Waals surface area contributed by atoms with Crippen LogP contribution in [0.1, 0.15) is 23.9 Å². The molecule has 5 N–H and O–H groups in total. The second kappa shape index (κ2) is 9.55. The Morgan fingerprint density at radius 2 is 2.45 bits per heavy atom. The number of carbonyl (C=O) groups is 1. The van der Waals surface area contributed by atoms with E-state index in [9.17, 15) is 19.3 Å². The van der Waals surface area contributed by atoms with Gasteiger partial charge in [-0.1, -0.05) is 16.7 Å². The lowest BCUT2D eigenvalue weighted by atomic mass is 10.2. The van der Waals surface area contributed by atoms with Crippen molar-refractivity contribution in [2.24, 2.45) is 0 Å². The summed E-state index contributed by atoms with van der Waals surface area (Å²) in [4.78, 5) is 34.5. The van der Waals surface area contributed by atoms with Gasteiger partial charge in [0.25, 0.3) is 0 Å². The van der Waals surface area contributed by atoms with Gasteiger partial charge in [0, 0.05) is 36.6 Å². The number of hydrogen-bond donors (Lipinski definition) is 4. The summed E-state index contributed by atoms with van der Waals surface area (Å²) >= 11 is 0. The lowest BCUT2D eigenvalue weighted by molar-refractivity contribution is -0.120. The zero-order valence-corrected chi connectivity index (χ0v) is 16.3. The number of anilines is 1. The minimum absolute atomic E-state index is 0.0145. The number of aliphatic hydroxyl groups is 1. The third-order valence-electron chi connectivity index (χ3n) is 4.40. The van der Waals surface area contributed by atoms with Gasteiger partial charge in [-0.05, 0) is 0 Å². The zero-order chi connectivity index (χ0) is 21.7. The highest BCUT2D eigenvalue weighted by Crippen LogP contribution is 2.29. The van der Waals surface area contributed by atoms with Crippen LogP contribution in [0, 0.1) is 0 Å². The predicted molar refractivity (Wildman–Crippen MR) is 106 cm³/mol. The first kappa shape index (κ1) is 19.4. The summed E-state index contributed by atoms with van der Waals surface area (Å²) in [5.41, 5.74) is 6.30. The minimum atomic E-state index is -2.23. The van der Waals surface area contributed by atoms with Crippen molar-refractivity contribution in [2.75, 3.05) is 18.4 Å². The standard InChI is InChI=1S/C17H21N6O5P/c18-16-10(2-1-3-20-14(25)4-11-6-19-9-21-11)7-23(17(26)22-16)15-5-12(24)13(28-15)8-29-27/h1-2,6-7,9,12-13,15,24H,3-5,8H2,(H,19,21)(H,20,25)(H2,18,22,26)/p+1/i/hT. The maximum absolute atomic E-state index is 12.2. The summed E-state index contributed by atoms with van der Waals surface area (Å²) in [6, 6.07) is 0. The second-order valence-corrected chi connectivity index (χ2v) is 7.10. The molecule has 154 valence electrons. The maximum atomic E-state index is 12.2. The van der Waals surface area contributed by atoms with Crippen molar-refractivity contribution in [3.63, 3.8) is 0 Å². The third kappa shape index (κ3) is 5.35. The molecule has 0 saturated carbocycles. The van der Waals surface area contributed by atoms with Gasteiger partial charge in [0.15, 0.2) is 6.16 Å². The van der Waals surface area contributed by atoms with E-state index in [0.717, 1.165) is 0 Å². The quantitative estimate of drug-likeness (QED) is 0.416. The van der Waals surface area contributed by atoms with Crippen LogP contribution < -0.4 is 16.7 Å². The monoisotopic (exact) mass is 423 g/mol. The lowest BCUT2D eigenvalue weighted by Crippen LogP contribution is -2.28. The Balaban J connectivity index is 1.63. The SMILES string of the molecule is [3H][P+](=O)CC1OC(n2cc(C=CCNC(=O)Cc3cnc[nH]3)c(N)nc2=O)CC1O. The molecule has 1 aliphatic heterocycles. The maximum Gasteiger partial charge on any atom is 0.388 e. The molecule has 1 saturated heterocycles. The fourth-order valence-electron chi connectivity index (χ4n) is 2.93. The number of rotatable bonds is 8. The highest BCUT2D eigenvalue weighted by atomic mass is 31.1. The van der Waals surface area contributed by atoms with Crippen LogP contribution in [0.4, 0.5) is 5.82 Å². The van der Waals surface area contributed by atoms with E-state index in [-0.39, 0.29) is 37.3 Å². The number of ether oxygens (including phenoxy) is 1. The Morgan fingerprint density at radius 1 is 1.62 bits per heavy atom. The number of nitrogens with two attached hydrogens (primary N) is 1. The van der Waals surface area contributed by atoms with Gasteiger partial charge in [0.1, 0.15) is 18.1 Å². The number of amides is 1. The van der Waals surface area contributed by atoms with Gasteiger partial charge in [-0.15, -0.1) is 0 Å². The Morgan fingerprint density at radius 3 is 3.17 bits per heavy atom. The van der Waals surface area contributed by atoms with E-state index in [2.05, 4.69) is 20.3 Å². The molecule has 1 aliphatic rings. The van der Waals surface area contributed by atoms with Crippen LogP contribution in [0.2, 0.25) is 0 Å². The second-order valence-electron chi connectivity index (χ2n) is 6.48. The number of carbonyl (C=O) groups excluding carboxylic acids is 1. The van der Waals surface area contributed by atoms with Gasteiger partial charge < -0.3 is 25.9 Å². The van der Waals surface area contributed by atoms with E-state index in [1.807, 2.05) is 0 Å². The lowest BCUT2D eigenvalue weighted by Gasteiger charge is -2.14. The number of H-pyrrole nitrogens is 1. The van der Waals surface area contributed by atoms with Crippen molar-refractivity contribution in [3.05, 3.63) is 46.5 Å². The first-order chi connectivity index (χ1) is 14.3. The van der Waals surface area contributed by atoms with E-state index in [0.29, 0.717) is 11.3 Å². The molecule has 0 aliphatic carbocycles. The Bertz CT molecular complexity index is 995. The average molecular weight is 423 g/mol. The van der Waals surface area contributed by atoms with Crippen LogP contribution in [-0.4, -0.2) is 56.7 Å². The van der Waals surface area contributed by atoms with Gasteiger partial charge in [0.2, 0.25) is 5.91 Å². The van der Waals surface area contributed by atoms with E-state index in [1.54, 1.807) is 18.3 Å². The number of aliphatic hydroxyl groups excluding tert-OH is 1. The summed E-state index contributed by atoms with van der Waals surface area (Å²) in [6.07, 6.45) is 5.42. The average Bonchev–Trinajstić information content (AvgIpc) is 3.30. The number of nitrogens with one attached hydrogen (secondary N) is 2. The predicted octanol–water partition coefficient (Wildman–Crippen LogP) is -0.407. The molecule has 12 heteroatoms. The van der Waals surface area contributed by atoms with Crippen LogP contribution in [0.5, 0.6) is 0 Å². The smallest absolute Gasteiger partial charge is 0.388 e. The van der Waals surface area contributed by atoms with Crippen molar-refractivity contribution in [1.29, 1.82) is 1.28 Å². The summed E-state index contributed by atoms with van der Waals surface area (Å²) in [5, 5.41) is 12.8. The van der Waals surface area contributed by atoms with Crippen LogP contribution >= 0.6 is 8.41 Å². The summed E-state index contributed by atoms with van der Waals surface area (Å²) < 4.78 is 25.1. The van der Waals surface area contributed by atoms with Gasteiger partial charge in [0.05, 0.1) is 18.9 Å². The van der Waals surface area contributed by atoms with Crippen LogP contribution in [0.3, 0.4) is 0 Å². The van der Waals surface area contributed by atoms with E-state index in [1.165, 1.54) is 17.1 Å². The largest absolute Gasteiger partial charge is 0.390 e. The van der Waals surface area contributed by atoms with E-state index < -0.39 is 32.5 Å². The number of nitrogens with zero attached hydrogens (tertiary/aromatic N) is 3. The number of hydrogen-bond acceptors (Lipinski definition) is 8. The summed E-state index contributed by atoms with van der Waals surface area (Å²) in [7, 11) is -2.23. The highest BCUT2D eigenvalue weighted by Gasteiger charge is 2.37. The molecule has 3 rings (SSSR count). The van der Waals surface area contributed by atoms with Gasteiger partial charge in [-0.25, -0.2) is 9.78 Å². The van der Waals surface area contributed by atoms with Gasteiger partial charge in [-0.3, -0.25) is 9.36 Å². The molecule has 0 aromatic carbocycles. The molecule has 4 atom stereocenters. The molecule has 1 fully saturated rings.